The van der Waals surface area contributed by atoms with Crippen LogP contribution in [0.4, 0.5) is 23.1 Å². The normalized spacial score (nSPS) is 15.7. The molecule has 0 radical (unpaired) electrons. The number of nitrogens with one attached hydrogen (secondary N) is 2. The number of rotatable bonds is 7. The fourth-order valence-corrected chi connectivity index (χ4v) is 3.26. The topological polar surface area (TPSA) is 79.1 Å². The Kier molecular flexibility index (Phi) is 10.1. The first-order chi connectivity index (χ1) is 12.6. The fraction of sp³-hybridized carbons (Fsp3) is 0.474. The monoisotopic (exact) mass is 446 g/mol. The molecule has 9 heteroatoms. The molecule has 1 aromatic carbocycles. The summed E-state index contributed by atoms with van der Waals surface area (Å²) >= 11 is 6.01. The standard InChI is InChI=1S/C19H27ClN6.2ClH/c1-3-4-5-13-11-18(26-9-8-15(12-26)22-2)25-19(23-13)24-14-6-7-16(20)17(21)10-14;;/h6-7,10-11,15,22H,3-5,8-9,12,21H2,1-2H3,(H,23,24,25);2*1H/t15-;;/m0../s1. The molecular weight excluding hydrogens is 419 g/mol. The van der Waals surface area contributed by atoms with E-state index in [1.807, 2.05) is 13.1 Å². The summed E-state index contributed by atoms with van der Waals surface area (Å²) in [6.07, 6.45) is 4.33. The van der Waals surface area contributed by atoms with Gasteiger partial charge in [-0.3, -0.25) is 0 Å². The molecule has 2 aromatic rings. The lowest BCUT2D eigenvalue weighted by molar-refractivity contribution is 0.616. The summed E-state index contributed by atoms with van der Waals surface area (Å²) < 4.78 is 0. The summed E-state index contributed by atoms with van der Waals surface area (Å²) in [5.74, 6) is 1.58. The first kappa shape index (κ1) is 24.6. The van der Waals surface area contributed by atoms with Crippen molar-refractivity contribution >= 4 is 59.6 Å². The molecule has 1 aliphatic heterocycles. The molecule has 1 aromatic heterocycles. The molecule has 1 fully saturated rings. The highest BCUT2D eigenvalue weighted by Crippen LogP contribution is 2.26. The minimum Gasteiger partial charge on any atom is -0.397 e. The van der Waals surface area contributed by atoms with Gasteiger partial charge in [-0.05, 0) is 44.5 Å². The average Bonchev–Trinajstić information content (AvgIpc) is 3.12. The van der Waals surface area contributed by atoms with Gasteiger partial charge in [0, 0.05) is 36.6 Å². The number of anilines is 4. The first-order valence-electron chi connectivity index (χ1n) is 9.21. The van der Waals surface area contributed by atoms with E-state index in [1.54, 1.807) is 12.1 Å². The molecule has 0 unspecified atom stereocenters. The summed E-state index contributed by atoms with van der Waals surface area (Å²) in [7, 11) is 2.01. The third-order valence-corrected chi connectivity index (χ3v) is 5.07. The van der Waals surface area contributed by atoms with Gasteiger partial charge < -0.3 is 21.3 Å². The van der Waals surface area contributed by atoms with E-state index in [0.717, 1.165) is 56.0 Å². The van der Waals surface area contributed by atoms with E-state index in [0.29, 0.717) is 22.7 Å². The van der Waals surface area contributed by atoms with E-state index < -0.39 is 0 Å². The van der Waals surface area contributed by atoms with Gasteiger partial charge in [0.05, 0.1) is 10.7 Å². The lowest BCUT2D eigenvalue weighted by Crippen LogP contribution is -2.30. The number of halogens is 3. The quantitative estimate of drug-likeness (QED) is 0.545. The van der Waals surface area contributed by atoms with Gasteiger partial charge in [0.25, 0.3) is 0 Å². The Morgan fingerprint density at radius 3 is 2.68 bits per heavy atom. The van der Waals surface area contributed by atoms with Crippen LogP contribution in [0.25, 0.3) is 0 Å². The number of aromatic nitrogens is 2. The zero-order valence-corrected chi connectivity index (χ0v) is 18.6. The highest BCUT2D eigenvalue weighted by atomic mass is 35.5. The van der Waals surface area contributed by atoms with E-state index in [9.17, 15) is 0 Å². The number of nitrogens with two attached hydrogens (primary N) is 1. The number of hydrogen-bond donors (Lipinski definition) is 3. The highest BCUT2D eigenvalue weighted by molar-refractivity contribution is 6.33. The highest BCUT2D eigenvalue weighted by Gasteiger charge is 2.23. The van der Waals surface area contributed by atoms with Gasteiger partial charge in [-0.25, -0.2) is 4.98 Å². The van der Waals surface area contributed by atoms with Crippen LogP contribution < -0.4 is 21.3 Å². The predicted octanol–water partition coefficient (Wildman–Crippen LogP) is 4.44. The number of hydrogen-bond acceptors (Lipinski definition) is 6. The maximum atomic E-state index is 6.01. The Morgan fingerprint density at radius 1 is 1.25 bits per heavy atom. The molecule has 0 aliphatic carbocycles. The molecule has 2 heterocycles. The van der Waals surface area contributed by atoms with Crippen molar-refractivity contribution in [2.24, 2.45) is 0 Å². The number of unbranched alkanes of at least 4 members (excludes halogenated alkanes) is 1. The van der Waals surface area contributed by atoms with Gasteiger partial charge >= 0.3 is 0 Å². The molecule has 156 valence electrons. The molecular formula is C19H29Cl3N6. The molecule has 0 spiro atoms. The van der Waals surface area contributed by atoms with Crippen LogP contribution in [0.5, 0.6) is 0 Å². The smallest absolute Gasteiger partial charge is 0.229 e. The SMILES string of the molecule is CCCCc1cc(N2CC[C@H](NC)C2)nc(Nc2ccc(Cl)c(N)c2)n1.Cl.Cl. The zero-order valence-electron chi connectivity index (χ0n) is 16.2. The second-order valence-electron chi connectivity index (χ2n) is 6.73. The van der Waals surface area contributed by atoms with E-state index in [-0.39, 0.29) is 24.8 Å². The van der Waals surface area contributed by atoms with Gasteiger partial charge in [0.15, 0.2) is 0 Å². The van der Waals surface area contributed by atoms with E-state index in [4.69, 9.17) is 27.3 Å². The van der Waals surface area contributed by atoms with Gasteiger partial charge in [0.2, 0.25) is 5.95 Å². The fourth-order valence-electron chi connectivity index (χ4n) is 3.14. The van der Waals surface area contributed by atoms with Crippen LogP contribution in [-0.2, 0) is 6.42 Å². The molecule has 3 rings (SSSR count). The number of benzene rings is 1. The Morgan fingerprint density at radius 2 is 2.04 bits per heavy atom. The predicted molar refractivity (Wildman–Crippen MR) is 124 cm³/mol. The van der Waals surface area contributed by atoms with Gasteiger partial charge in [0.1, 0.15) is 5.82 Å². The Hall–Kier alpha value is -1.47. The molecule has 1 atom stereocenters. The van der Waals surface area contributed by atoms with Gasteiger partial charge in [-0.2, -0.15) is 4.98 Å². The third kappa shape index (κ3) is 6.27. The van der Waals surface area contributed by atoms with Gasteiger partial charge in [-0.1, -0.05) is 24.9 Å². The summed E-state index contributed by atoms with van der Waals surface area (Å²) in [5.41, 5.74) is 8.34. The summed E-state index contributed by atoms with van der Waals surface area (Å²) in [6, 6.07) is 8.09. The van der Waals surface area contributed by atoms with E-state index in [1.165, 1.54) is 0 Å². The molecule has 4 N–H and O–H groups in total. The molecule has 0 bridgehead atoms. The van der Waals surface area contributed by atoms with E-state index >= 15 is 0 Å². The van der Waals surface area contributed by atoms with Crippen molar-refractivity contribution in [2.45, 2.75) is 38.6 Å². The summed E-state index contributed by atoms with van der Waals surface area (Å²) in [6.45, 7) is 4.16. The van der Waals surface area contributed by atoms with Crippen LogP contribution in [0.1, 0.15) is 31.9 Å². The van der Waals surface area contributed by atoms with Crippen LogP contribution >= 0.6 is 36.4 Å². The Bertz CT molecular complexity index is 758. The zero-order chi connectivity index (χ0) is 18.5. The molecule has 1 saturated heterocycles. The maximum absolute atomic E-state index is 6.01. The van der Waals surface area contributed by atoms with Crippen LogP contribution in [0.2, 0.25) is 5.02 Å². The lowest BCUT2D eigenvalue weighted by atomic mass is 10.2. The van der Waals surface area contributed by atoms with Crippen molar-refractivity contribution in [3.8, 4) is 0 Å². The number of nitrogen functional groups attached to an aromatic ring is 1. The van der Waals surface area contributed by atoms with Crippen molar-refractivity contribution in [3.05, 3.63) is 35.0 Å². The summed E-state index contributed by atoms with van der Waals surface area (Å²) in [5, 5.41) is 7.17. The van der Waals surface area contributed by atoms with Crippen molar-refractivity contribution in [2.75, 3.05) is 36.1 Å². The maximum Gasteiger partial charge on any atom is 0.229 e. The second-order valence-corrected chi connectivity index (χ2v) is 7.13. The van der Waals surface area contributed by atoms with E-state index in [2.05, 4.69) is 28.5 Å². The third-order valence-electron chi connectivity index (χ3n) is 4.72. The molecule has 28 heavy (non-hydrogen) atoms. The second kappa shape index (κ2) is 11.5. The number of likely N-dealkylation sites (N-methyl/N-ethyl adjacent to an activating group) is 1. The molecule has 0 amide bonds. The van der Waals surface area contributed by atoms with Crippen LogP contribution in [0.15, 0.2) is 24.3 Å². The molecule has 1 aliphatic rings. The molecule has 6 nitrogen and oxygen atoms in total. The Balaban J connectivity index is 0.00000196. The van der Waals surface area contributed by atoms with Crippen molar-refractivity contribution in [1.29, 1.82) is 0 Å². The van der Waals surface area contributed by atoms with Crippen LogP contribution in [0, 0.1) is 0 Å². The van der Waals surface area contributed by atoms with Crippen LogP contribution in [-0.4, -0.2) is 36.1 Å². The lowest BCUT2D eigenvalue weighted by Gasteiger charge is -2.19. The Labute approximate surface area is 184 Å². The largest absolute Gasteiger partial charge is 0.397 e. The van der Waals surface area contributed by atoms with Crippen LogP contribution in [0.3, 0.4) is 0 Å². The minimum absolute atomic E-state index is 0. The van der Waals surface area contributed by atoms with Crippen molar-refractivity contribution in [3.63, 3.8) is 0 Å². The number of aryl methyl sites for hydroxylation is 1. The van der Waals surface area contributed by atoms with Crippen molar-refractivity contribution in [1.82, 2.24) is 15.3 Å². The minimum atomic E-state index is 0. The number of nitrogens with zero attached hydrogens (tertiary/aromatic N) is 3. The summed E-state index contributed by atoms with van der Waals surface area (Å²) in [4.78, 5) is 11.8. The van der Waals surface area contributed by atoms with Gasteiger partial charge in [-0.15, -0.1) is 24.8 Å². The first-order valence-corrected chi connectivity index (χ1v) is 9.59. The molecule has 0 saturated carbocycles. The van der Waals surface area contributed by atoms with Crippen molar-refractivity contribution < 1.29 is 0 Å². The average molecular weight is 448 g/mol.